The van der Waals surface area contributed by atoms with E-state index in [1.54, 1.807) is 12.1 Å². The third kappa shape index (κ3) is 5.18. The summed E-state index contributed by atoms with van der Waals surface area (Å²) in [5, 5.41) is 2.84. The highest BCUT2D eigenvalue weighted by Gasteiger charge is 2.26. The number of carbonyl (C=O) groups excluding carboxylic acids is 1. The number of carbonyl (C=O) groups is 1. The molecule has 0 bridgehead atoms. The normalized spacial score (nSPS) is 17.8. The van der Waals surface area contributed by atoms with Gasteiger partial charge in [-0.3, -0.25) is 0 Å². The molecule has 2 rings (SSSR count). The Kier molecular flexibility index (Phi) is 6.00. The molecule has 0 radical (unpaired) electrons. The zero-order valence-corrected chi connectivity index (χ0v) is 13.2. The van der Waals surface area contributed by atoms with Crippen LogP contribution in [0.2, 0.25) is 0 Å². The topological polar surface area (TPSA) is 44.8 Å². The Morgan fingerprint density at radius 1 is 1.50 bits per heavy atom. The van der Waals surface area contributed by atoms with E-state index in [1.165, 1.54) is 12.1 Å². The number of nitrogens with zero attached hydrogens (tertiary/aromatic N) is 2. The molecule has 1 fully saturated rings. The van der Waals surface area contributed by atoms with Crippen LogP contribution in [0.1, 0.15) is 6.42 Å². The van der Waals surface area contributed by atoms with Gasteiger partial charge >= 0.3 is 6.03 Å². The average molecular weight is 309 g/mol. The second kappa shape index (κ2) is 7.98. The highest BCUT2D eigenvalue weighted by Crippen LogP contribution is 2.16. The third-order valence-electron chi connectivity index (χ3n) is 3.64. The molecule has 1 aliphatic heterocycles. The molecule has 6 heteroatoms. The lowest BCUT2D eigenvalue weighted by Gasteiger charge is -2.19. The zero-order valence-electron chi connectivity index (χ0n) is 13.2. The largest absolute Gasteiger partial charge is 0.492 e. The van der Waals surface area contributed by atoms with Crippen molar-refractivity contribution < 1.29 is 13.9 Å². The fourth-order valence-electron chi connectivity index (χ4n) is 2.68. The fourth-order valence-corrected chi connectivity index (χ4v) is 2.68. The van der Waals surface area contributed by atoms with Crippen LogP contribution in [0.25, 0.3) is 0 Å². The Labute approximate surface area is 131 Å². The van der Waals surface area contributed by atoms with Crippen LogP contribution in [0.15, 0.2) is 24.3 Å². The number of urea groups is 1. The molecule has 1 saturated heterocycles. The molecular weight excluding hydrogens is 285 g/mol. The van der Waals surface area contributed by atoms with Crippen molar-refractivity contribution in [2.45, 2.75) is 6.42 Å². The fraction of sp³-hybridized carbons (Fsp3) is 0.562. The number of nitrogens with one attached hydrogen (secondary N) is 1. The van der Waals surface area contributed by atoms with Gasteiger partial charge < -0.3 is 19.9 Å². The number of likely N-dealkylation sites (tertiary alicyclic amines) is 1. The van der Waals surface area contributed by atoms with E-state index >= 15 is 0 Å². The van der Waals surface area contributed by atoms with E-state index in [0.717, 1.165) is 26.1 Å². The van der Waals surface area contributed by atoms with Gasteiger partial charge in [0.1, 0.15) is 18.2 Å². The molecule has 0 saturated carbocycles. The molecule has 1 heterocycles. The number of ether oxygens (including phenoxy) is 1. The zero-order chi connectivity index (χ0) is 15.9. The Balaban J connectivity index is 1.64. The van der Waals surface area contributed by atoms with Gasteiger partial charge in [0.25, 0.3) is 0 Å². The van der Waals surface area contributed by atoms with Gasteiger partial charge in [-0.1, -0.05) is 6.07 Å². The first-order chi connectivity index (χ1) is 10.5. The molecule has 0 aromatic heterocycles. The summed E-state index contributed by atoms with van der Waals surface area (Å²) in [6.45, 7) is 3.34. The van der Waals surface area contributed by atoms with Crippen molar-refractivity contribution in [3.63, 3.8) is 0 Å². The van der Waals surface area contributed by atoms with Gasteiger partial charge in [-0.15, -0.1) is 0 Å². The van der Waals surface area contributed by atoms with Crippen LogP contribution in [0.3, 0.4) is 0 Å². The van der Waals surface area contributed by atoms with Crippen molar-refractivity contribution in [2.75, 3.05) is 46.9 Å². The van der Waals surface area contributed by atoms with Crippen molar-refractivity contribution >= 4 is 6.03 Å². The van der Waals surface area contributed by atoms with Crippen LogP contribution in [0, 0.1) is 11.7 Å². The van der Waals surface area contributed by atoms with Gasteiger partial charge in [0.2, 0.25) is 0 Å². The molecule has 1 aromatic carbocycles. The number of hydrogen-bond donors (Lipinski definition) is 1. The van der Waals surface area contributed by atoms with E-state index in [4.69, 9.17) is 4.74 Å². The average Bonchev–Trinajstić information content (AvgIpc) is 2.91. The van der Waals surface area contributed by atoms with Crippen molar-refractivity contribution in [3.8, 4) is 5.75 Å². The molecule has 0 aliphatic carbocycles. The summed E-state index contributed by atoms with van der Waals surface area (Å²) < 4.78 is 18.4. The maximum absolute atomic E-state index is 13.0. The Morgan fingerprint density at radius 3 is 3.05 bits per heavy atom. The molecule has 22 heavy (non-hydrogen) atoms. The van der Waals surface area contributed by atoms with E-state index in [1.807, 2.05) is 19.0 Å². The lowest BCUT2D eigenvalue weighted by molar-refractivity contribution is 0.202. The first-order valence-electron chi connectivity index (χ1n) is 7.60. The van der Waals surface area contributed by atoms with Crippen molar-refractivity contribution in [1.82, 2.24) is 15.1 Å². The maximum Gasteiger partial charge on any atom is 0.317 e. The number of halogens is 1. The molecule has 1 aromatic rings. The van der Waals surface area contributed by atoms with E-state index in [0.29, 0.717) is 24.8 Å². The van der Waals surface area contributed by atoms with E-state index in [2.05, 4.69) is 10.2 Å². The minimum Gasteiger partial charge on any atom is -0.492 e. The molecule has 1 N–H and O–H groups in total. The number of rotatable bonds is 6. The summed E-state index contributed by atoms with van der Waals surface area (Å²) in [5.74, 6) is 0.691. The maximum atomic E-state index is 13.0. The molecular formula is C16H24FN3O2. The van der Waals surface area contributed by atoms with Gasteiger partial charge in [-0.25, -0.2) is 9.18 Å². The lowest BCUT2D eigenvalue weighted by atomic mass is 10.1. The minimum absolute atomic E-state index is 0.0518. The highest BCUT2D eigenvalue weighted by molar-refractivity contribution is 5.74. The smallest absolute Gasteiger partial charge is 0.317 e. The van der Waals surface area contributed by atoms with Gasteiger partial charge in [0.05, 0.1) is 6.54 Å². The van der Waals surface area contributed by atoms with Crippen LogP contribution in [-0.2, 0) is 0 Å². The standard InChI is InChI=1S/C16H24FN3O2/c1-19(2)11-13-6-8-20(12-13)16(21)18-7-9-22-15-5-3-4-14(17)10-15/h3-5,10,13H,6-9,11-12H2,1-2H3,(H,18,21)/t13-/m1/s1. The summed E-state index contributed by atoms with van der Waals surface area (Å²) in [6.07, 6.45) is 1.05. The van der Waals surface area contributed by atoms with E-state index in [-0.39, 0.29) is 11.8 Å². The first kappa shape index (κ1) is 16.5. The molecule has 5 nitrogen and oxygen atoms in total. The minimum atomic E-state index is -0.328. The monoisotopic (exact) mass is 309 g/mol. The predicted molar refractivity (Wildman–Crippen MR) is 83.5 cm³/mol. The summed E-state index contributed by atoms with van der Waals surface area (Å²) in [4.78, 5) is 16.0. The second-order valence-corrected chi connectivity index (χ2v) is 5.90. The number of benzene rings is 1. The van der Waals surface area contributed by atoms with Crippen LogP contribution in [-0.4, -0.2) is 62.7 Å². The first-order valence-corrected chi connectivity index (χ1v) is 7.60. The van der Waals surface area contributed by atoms with Gasteiger partial charge in [0.15, 0.2) is 0 Å². The van der Waals surface area contributed by atoms with Crippen molar-refractivity contribution in [2.24, 2.45) is 5.92 Å². The molecule has 0 unspecified atom stereocenters. The summed E-state index contributed by atoms with van der Waals surface area (Å²) in [6, 6.07) is 5.93. The van der Waals surface area contributed by atoms with Gasteiger partial charge in [-0.2, -0.15) is 0 Å². The van der Waals surface area contributed by atoms with Gasteiger partial charge in [0, 0.05) is 25.7 Å². The Morgan fingerprint density at radius 2 is 2.32 bits per heavy atom. The van der Waals surface area contributed by atoms with Crippen LogP contribution in [0.5, 0.6) is 5.75 Å². The summed E-state index contributed by atoms with van der Waals surface area (Å²) in [7, 11) is 4.10. The molecule has 2 amide bonds. The van der Waals surface area contributed by atoms with E-state index in [9.17, 15) is 9.18 Å². The Hall–Kier alpha value is -1.82. The molecule has 0 spiro atoms. The summed E-state index contributed by atoms with van der Waals surface area (Å²) >= 11 is 0. The quantitative estimate of drug-likeness (QED) is 0.815. The van der Waals surface area contributed by atoms with Gasteiger partial charge in [-0.05, 0) is 38.6 Å². The third-order valence-corrected chi connectivity index (χ3v) is 3.64. The van der Waals surface area contributed by atoms with Crippen molar-refractivity contribution in [3.05, 3.63) is 30.1 Å². The number of amides is 2. The van der Waals surface area contributed by atoms with Crippen LogP contribution in [0.4, 0.5) is 9.18 Å². The van der Waals surface area contributed by atoms with E-state index < -0.39 is 0 Å². The van der Waals surface area contributed by atoms with Crippen LogP contribution >= 0.6 is 0 Å². The lowest BCUT2D eigenvalue weighted by Crippen LogP contribution is -2.40. The van der Waals surface area contributed by atoms with Crippen LogP contribution < -0.4 is 10.1 Å². The molecule has 1 aliphatic rings. The molecule has 1 atom stereocenters. The highest BCUT2D eigenvalue weighted by atomic mass is 19.1. The second-order valence-electron chi connectivity index (χ2n) is 5.90. The molecule has 122 valence electrons. The number of hydrogen-bond acceptors (Lipinski definition) is 3. The van der Waals surface area contributed by atoms with Crippen molar-refractivity contribution in [1.29, 1.82) is 0 Å². The SMILES string of the molecule is CN(C)C[C@H]1CCN(C(=O)NCCOc2cccc(F)c2)C1. The predicted octanol–water partition coefficient (Wildman–Crippen LogP) is 1.80. The summed E-state index contributed by atoms with van der Waals surface area (Å²) in [5.41, 5.74) is 0. The Bertz CT molecular complexity index is 496.